The number of ether oxygens (including phenoxy) is 2. The van der Waals surface area contributed by atoms with Gasteiger partial charge in [0.15, 0.2) is 0 Å². The summed E-state index contributed by atoms with van der Waals surface area (Å²) in [7, 11) is -2.29. The molecule has 0 atom stereocenters. The minimum Gasteiger partial charge on any atom is -0.495 e. The van der Waals surface area contributed by atoms with Gasteiger partial charge in [0.05, 0.1) is 26.9 Å². The van der Waals surface area contributed by atoms with Crippen LogP contribution in [0.15, 0.2) is 23.1 Å². The number of carbonyl (C=O) groups excluding carboxylic acids is 1. The van der Waals surface area contributed by atoms with Crippen molar-refractivity contribution < 1.29 is 22.7 Å². The first kappa shape index (κ1) is 21.0. The third-order valence-electron chi connectivity index (χ3n) is 5.10. The Morgan fingerprint density at radius 1 is 1.11 bits per heavy atom. The Kier molecular flexibility index (Phi) is 7.28. The molecule has 2 aliphatic rings. The van der Waals surface area contributed by atoms with Gasteiger partial charge in [0.2, 0.25) is 15.9 Å². The maximum Gasteiger partial charge on any atom is 0.246 e. The van der Waals surface area contributed by atoms with Crippen LogP contribution in [-0.4, -0.2) is 76.6 Å². The monoisotopic (exact) mass is 411 g/mol. The average Bonchev–Trinajstić information content (AvgIpc) is 2.97. The molecule has 3 rings (SSSR count). The zero-order valence-electron chi connectivity index (χ0n) is 16.4. The molecule has 1 aromatic rings. The lowest BCUT2D eigenvalue weighted by molar-refractivity contribution is -0.117. The number of nitrogens with one attached hydrogen (secondary N) is 1. The van der Waals surface area contributed by atoms with Crippen molar-refractivity contribution in [2.75, 3.05) is 58.4 Å². The Morgan fingerprint density at radius 2 is 1.79 bits per heavy atom. The van der Waals surface area contributed by atoms with Crippen LogP contribution in [0.3, 0.4) is 0 Å². The molecule has 2 heterocycles. The van der Waals surface area contributed by atoms with Gasteiger partial charge in [-0.1, -0.05) is 12.8 Å². The molecule has 0 bridgehead atoms. The lowest BCUT2D eigenvalue weighted by atomic mass is 10.2. The van der Waals surface area contributed by atoms with Crippen molar-refractivity contribution in [1.82, 2.24) is 9.21 Å². The van der Waals surface area contributed by atoms with Gasteiger partial charge in [-0.15, -0.1) is 0 Å². The molecular weight excluding hydrogens is 382 g/mol. The topological polar surface area (TPSA) is 88.2 Å². The molecule has 1 amide bonds. The third-order valence-corrected chi connectivity index (χ3v) is 7.02. The van der Waals surface area contributed by atoms with E-state index in [1.165, 1.54) is 30.3 Å². The van der Waals surface area contributed by atoms with E-state index in [1.54, 1.807) is 12.1 Å². The number of benzene rings is 1. The van der Waals surface area contributed by atoms with E-state index >= 15 is 0 Å². The van der Waals surface area contributed by atoms with Crippen LogP contribution in [0.4, 0.5) is 5.69 Å². The van der Waals surface area contributed by atoms with Crippen molar-refractivity contribution in [2.45, 2.75) is 30.6 Å². The zero-order chi connectivity index (χ0) is 20.0. The van der Waals surface area contributed by atoms with Crippen molar-refractivity contribution in [3.8, 4) is 5.75 Å². The largest absolute Gasteiger partial charge is 0.495 e. The highest BCUT2D eigenvalue weighted by molar-refractivity contribution is 7.89. The van der Waals surface area contributed by atoms with Crippen molar-refractivity contribution in [3.63, 3.8) is 0 Å². The van der Waals surface area contributed by atoms with Gasteiger partial charge in [-0.25, -0.2) is 8.42 Å². The number of hydrogen-bond acceptors (Lipinski definition) is 6. The normalized spacial score (nSPS) is 19.8. The molecule has 9 heteroatoms. The SMILES string of the molecule is COc1ccc(NC(=O)CN2CCCCCC2)cc1S(=O)(=O)N1CCOCC1. The summed E-state index contributed by atoms with van der Waals surface area (Å²) in [6.07, 6.45) is 4.63. The fraction of sp³-hybridized carbons (Fsp3) is 0.632. The van der Waals surface area contributed by atoms with E-state index in [0.29, 0.717) is 38.5 Å². The van der Waals surface area contributed by atoms with Crippen molar-refractivity contribution in [1.29, 1.82) is 0 Å². The highest BCUT2D eigenvalue weighted by Gasteiger charge is 2.29. The Labute approximate surface area is 166 Å². The molecule has 156 valence electrons. The number of sulfonamides is 1. The van der Waals surface area contributed by atoms with Gasteiger partial charge in [-0.05, 0) is 44.1 Å². The lowest BCUT2D eigenvalue weighted by Gasteiger charge is -2.27. The Morgan fingerprint density at radius 3 is 2.43 bits per heavy atom. The van der Waals surface area contributed by atoms with E-state index < -0.39 is 10.0 Å². The maximum absolute atomic E-state index is 13.0. The number of anilines is 1. The van der Waals surface area contributed by atoms with Crippen LogP contribution < -0.4 is 10.1 Å². The van der Waals surface area contributed by atoms with Crippen LogP contribution in [0, 0.1) is 0 Å². The fourth-order valence-electron chi connectivity index (χ4n) is 3.58. The van der Waals surface area contributed by atoms with Crippen LogP contribution >= 0.6 is 0 Å². The second kappa shape index (κ2) is 9.69. The van der Waals surface area contributed by atoms with Crippen molar-refractivity contribution in [2.24, 2.45) is 0 Å². The Bertz CT molecular complexity index is 770. The maximum atomic E-state index is 13.0. The van der Waals surface area contributed by atoms with Crippen molar-refractivity contribution >= 4 is 21.6 Å². The van der Waals surface area contributed by atoms with E-state index in [1.807, 2.05) is 0 Å². The predicted octanol–water partition coefficient (Wildman–Crippen LogP) is 1.53. The number of rotatable bonds is 6. The van der Waals surface area contributed by atoms with E-state index in [9.17, 15) is 13.2 Å². The van der Waals surface area contributed by atoms with Crippen LogP contribution in [0.1, 0.15) is 25.7 Å². The summed E-state index contributed by atoms with van der Waals surface area (Å²) < 4.78 is 38.0. The minimum absolute atomic E-state index is 0.0597. The number of likely N-dealkylation sites (tertiary alicyclic amines) is 1. The first-order chi connectivity index (χ1) is 13.5. The molecule has 0 radical (unpaired) electrons. The number of morpholine rings is 1. The zero-order valence-corrected chi connectivity index (χ0v) is 17.2. The quantitative estimate of drug-likeness (QED) is 0.764. The number of amides is 1. The first-order valence-electron chi connectivity index (χ1n) is 9.79. The molecule has 0 aromatic heterocycles. The molecule has 1 aromatic carbocycles. The van der Waals surface area contributed by atoms with Crippen LogP contribution in [-0.2, 0) is 19.6 Å². The number of carbonyl (C=O) groups is 1. The van der Waals surface area contributed by atoms with Gasteiger partial charge >= 0.3 is 0 Å². The van der Waals surface area contributed by atoms with Gasteiger partial charge in [-0.2, -0.15) is 4.31 Å². The second-order valence-corrected chi connectivity index (χ2v) is 9.03. The fourth-order valence-corrected chi connectivity index (χ4v) is 5.17. The molecule has 28 heavy (non-hydrogen) atoms. The summed E-state index contributed by atoms with van der Waals surface area (Å²) in [5.74, 6) is 0.124. The highest BCUT2D eigenvalue weighted by Crippen LogP contribution is 2.30. The molecule has 1 N–H and O–H groups in total. The van der Waals surface area contributed by atoms with Crippen LogP contribution in [0.25, 0.3) is 0 Å². The van der Waals surface area contributed by atoms with Crippen molar-refractivity contribution in [3.05, 3.63) is 18.2 Å². The van der Waals surface area contributed by atoms with E-state index in [0.717, 1.165) is 25.9 Å². The van der Waals surface area contributed by atoms with E-state index in [-0.39, 0.29) is 16.6 Å². The number of methoxy groups -OCH3 is 1. The molecule has 0 spiro atoms. The van der Waals surface area contributed by atoms with Gasteiger partial charge in [0.1, 0.15) is 10.6 Å². The summed E-state index contributed by atoms with van der Waals surface area (Å²) in [6.45, 7) is 3.51. The molecule has 0 saturated carbocycles. The summed E-state index contributed by atoms with van der Waals surface area (Å²) in [6, 6.07) is 4.72. The predicted molar refractivity (Wildman–Crippen MR) is 106 cm³/mol. The van der Waals surface area contributed by atoms with Gasteiger partial charge in [-0.3, -0.25) is 9.69 Å². The molecule has 0 aliphatic carbocycles. The molecule has 0 unspecified atom stereocenters. The standard InChI is InChI=1S/C19H29N3O5S/c1-26-17-7-6-16(20-19(23)15-21-8-4-2-3-5-9-21)14-18(17)28(24,25)22-10-12-27-13-11-22/h6-7,14H,2-5,8-13,15H2,1H3,(H,20,23). The molecule has 8 nitrogen and oxygen atoms in total. The highest BCUT2D eigenvalue weighted by atomic mass is 32.2. The van der Waals surface area contributed by atoms with Crippen LogP contribution in [0.2, 0.25) is 0 Å². The van der Waals surface area contributed by atoms with Gasteiger partial charge in [0, 0.05) is 18.8 Å². The van der Waals surface area contributed by atoms with E-state index in [4.69, 9.17) is 9.47 Å². The summed E-state index contributed by atoms with van der Waals surface area (Å²) in [5.41, 5.74) is 0.451. The average molecular weight is 412 g/mol. The van der Waals surface area contributed by atoms with Gasteiger partial charge in [0.25, 0.3) is 0 Å². The third kappa shape index (κ3) is 5.22. The van der Waals surface area contributed by atoms with E-state index in [2.05, 4.69) is 10.2 Å². The minimum atomic E-state index is -3.73. The molecular formula is C19H29N3O5S. The Hall–Kier alpha value is -1.68. The van der Waals surface area contributed by atoms with Crippen LogP contribution in [0.5, 0.6) is 5.75 Å². The molecule has 2 fully saturated rings. The molecule has 2 aliphatic heterocycles. The summed E-state index contributed by atoms with van der Waals surface area (Å²) in [5, 5.41) is 2.83. The Balaban J connectivity index is 1.73. The summed E-state index contributed by atoms with van der Waals surface area (Å²) >= 11 is 0. The summed E-state index contributed by atoms with van der Waals surface area (Å²) in [4.78, 5) is 14.7. The molecule has 2 saturated heterocycles. The lowest BCUT2D eigenvalue weighted by Crippen LogP contribution is -2.40. The number of hydrogen-bond donors (Lipinski definition) is 1. The van der Waals surface area contributed by atoms with Gasteiger partial charge < -0.3 is 14.8 Å². The first-order valence-corrected chi connectivity index (χ1v) is 11.2. The number of nitrogens with zero attached hydrogens (tertiary/aromatic N) is 2. The smallest absolute Gasteiger partial charge is 0.246 e. The second-order valence-electron chi connectivity index (χ2n) is 7.12.